The molecule has 0 aliphatic carbocycles. The molecule has 1 saturated heterocycles. The van der Waals surface area contributed by atoms with Crippen LogP contribution < -0.4 is 10.6 Å². The highest BCUT2D eigenvalue weighted by molar-refractivity contribution is 6.07. The van der Waals surface area contributed by atoms with Crippen LogP contribution in [0.1, 0.15) is 26.7 Å². The number of carbonyl (C=O) groups excluding carboxylic acids is 2. The zero-order valence-electron chi connectivity index (χ0n) is 16.6. The first-order valence-electron chi connectivity index (χ1n) is 9.45. The number of para-hydroxylation sites is 1. The average molecular weight is 399 g/mol. The minimum absolute atomic E-state index is 0.214. The minimum Gasteiger partial charge on any atom is -0.465 e. The predicted octanol–water partition coefficient (Wildman–Crippen LogP) is 1.57. The van der Waals surface area contributed by atoms with Gasteiger partial charge < -0.3 is 20.1 Å². The monoisotopic (exact) mass is 399 g/mol. The van der Waals surface area contributed by atoms with E-state index >= 15 is 0 Å². The molecule has 3 rings (SSSR count). The lowest BCUT2D eigenvalue weighted by atomic mass is 10.1. The molecule has 29 heavy (non-hydrogen) atoms. The van der Waals surface area contributed by atoms with Gasteiger partial charge in [0, 0.05) is 32.2 Å². The molecule has 1 aliphatic heterocycles. The van der Waals surface area contributed by atoms with E-state index in [0.717, 1.165) is 32.8 Å². The van der Waals surface area contributed by atoms with Gasteiger partial charge in [0.05, 0.1) is 31.6 Å². The normalized spacial score (nSPS) is 14.3. The van der Waals surface area contributed by atoms with Crippen molar-refractivity contribution < 1.29 is 19.1 Å². The Hall–Kier alpha value is -3.04. The lowest BCUT2D eigenvalue weighted by Crippen LogP contribution is -2.39. The van der Waals surface area contributed by atoms with Crippen LogP contribution in [-0.2, 0) is 9.47 Å². The molecule has 9 nitrogen and oxygen atoms in total. The van der Waals surface area contributed by atoms with Gasteiger partial charge in [-0.2, -0.15) is 0 Å². The topological polar surface area (TPSA) is 106 Å². The van der Waals surface area contributed by atoms with Crippen LogP contribution in [0.4, 0.5) is 11.5 Å². The van der Waals surface area contributed by atoms with Crippen molar-refractivity contribution in [2.24, 2.45) is 0 Å². The van der Waals surface area contributed by atoms with Gasteiger partial charge in [-0.25, -0.2) is 14.8 Å². The van der Waals surface area contributed by atoms with Crippen molar-refractivity contribution in [3.05, 3.63) is 47.4 Å². The van der Waals surface area contributed by atoms with Crippen LogP contribution in [0.5, 0.6) is 0 Å². The molecular weight excluding hydrogens is 374 g/mol. The standard InChI is InChI=1S/C20H25N5O4/c1-14-22-17(13-18(23-14)21-7-8-25-9-11-29-12-10-25)19(26)24-16-6-4-3-5-15(16)20(27)28-2/h3-6,13H,7-12H2,1-2H3,(H,24,26)(H,21,22,23). The summed E-state index contributed by atoms with van der Waals surface area (Å²) in [6.45, 7) is 6.62. The number of carbonyl (C=O) groups is 2. The number of ether oxygens (including phenoxy) is 2. The molecule has 2 heterocycles. The van der Waals surface area contributed by atoms with E-state index in [2.05, 4.69) is 25.5 Å². The summed E-state index contributed by atoms with van der Waals surface area (Å²) in [5.41, 5.74) is 0.853. The first kappa shape index (κ1) is 20.7. The molecule has 0 radical (unpaired) electrons. The first-order valence-corrected chi connectivity index (χ1v) is 9.45. The number of hydrogen-bond acceptors (Lipinski definition) is 8. The number of benzene rings is 1. The fourth-order valence-electron chi connectivity index (χ4n) is 3.01. The average Bonchev–Trinajstić information content (AvgIpc) is 2.74. The molecule has 0 bridgehead atoms. The van der Waals surface area contributed by atoms with Crippen molar-refractivity contribution in [3.63, 3.8) is 0 Å². The Morgan fingerprint density at radius 2 is 1.97 bits per heavy atom. The Morgan fingerprint density at radius 1 is 1.21 bits per heavy atom. The summed E-state index contributed by atoms with van der Waals surface area (Å²) in [5, 5.41) is 5.97. The van der Waals surface area contributed by atoms with E-state index in [1.165, 1.54) is 7.11 Å². The van der Waals surface area contributed by atoms with Gasteiger partial charge in [0.2, 0.25) is 0 Å². The number of aromatic nitrogens is 2. The number of morpholine rings is 1. The van der Waals surface area contributed by atoms with E-state index in [0.29, 0.717) is 23.9 Å². The lowest BCUT2D eigenvalue weighted by Gasteiger charge is -2.26. The molecule has 0 spiro atoms. The molecule has 1 amide bonds. The Balaban J connectivity index is 1.66. The SMILES string of the molecule is COC(=O)c1ccccc1NC(=O)c1cc(NCCN2CCOCC2)nc(C)n1. The highest BCUT2D eigenvalue weighted by Crippen LogP contribution is 2.17. The van der Waals surface area contributed by atoms with E-state index in [-0.39, 0.29) is 11.3 Å². The molecule has 0 unspecified atom stereocenters. The number of hydrogen-bond donors (Lipinski definition) is 2. The van der Waals surface area contributed by atoms with Crippen molar-refractivity contribution in [1.29, 1.82) is 0 Å². The maximum absolute atomic E-state index is 12.7. The quantitative estimate of drug-likeness (QED) is 0.676. The fraction of sp³-hybridized carbons (Fsp3) is 0.400. The van der Waals surface area contributed by atoms with Crippen LogP contribution in [0.3, 0.4) is 0 Å². The van der Waals surface area contributed by atoms with Gasteiger partial charge in [0.25, 0.3) is 5.91 Å². The molecule has 1 aromatic heterocycles. The van der Waals surface area contributed by atoms with E-state index in [9.17, 15) is 9.59 Å². The van der Waals surface area contributed by atoms with Crippen LogP contribution >= 0.6 is 0 Å². The largest absolute Gasteiger partial charge is 0.465 e. The Kier molecular flexibility index (Phi) is 7.09. The molecule has 1 aliphatic rings. The summed E-state index contributed by atoms with van der Waals surface area (Å²) in [6, 6.07) is 8.26. The Morgan fingerprint density at radius 3 is 2.72 bits per heavy atom. The van der Waals surface area contributed by atoms with Crippen molar-refractivity contribution in [2.75, 3.05) is 57.1 Å². The van der Waals surface area contributed by atoms with Crippen LogP contribution in [0.25, 0.3) is 0 Å². The van der Waals surface area contributed by atoms with Gasteiger partial charge in [0.1, 0.15) is 17.3 Å². The second kappa shape index (κ2) is 9.94. The van der Waals surface area contributed by atoms with E-state index < -0.39 is 11.9 Å². The maximum Gasteiger partial charge on any atom is 0.339 e. The highest BCUT2D eigenvalue weighted by atomic mass is 16.5. The number of methoxy groups -OCH3 is 1. The third-order valence-corrected chi connectivity index (χ3v) is 4.49. The Bertz CT molecular complexity index is 868. The van der Waals surface area contributed by atoms with Gasteiger partial charge >= 0.3 is 5.97 Å². The summed E-state index contributed by atoms with van der Waals surface area (Å²) >= 11 is 0. The number of rotatable bonds is 7. The van der Waals surface area contributed by atoms with Crippen LogP contribution in [-0.4, -0.2) is 73.2 Å². The third kappa shape index (κ3) is 5.72. The molecule has 154 valence electrons. The number of nitrogens with one attached hydrogen (secondary N) is 2. The number of nitrogens with zero attached hydrogens (tertiary/aromatic N) is 3. The lowest BCUT2D eigenvalue weighted by molar-refractivity contribution is 0.0398. The number of anilines is 2. The maximum atomic E-state index is 12.7. The van der Waals surface area contributed by atoms with Crippen molar-refractivity contribution >= 4 is 23.4 Å². The van der Waals surface area contributed by atoms with E-state index in [1.807, 2.05) is 0 Å². The molecule has 2 N–H and O–H groups in total. The van der Waals surface area contributed by atoms with Gasteiger partial charge in [-0.3, -0.25) is 9.69 Å². The number of esters is 1. The number of aryl methyl sites for hydroxylation is 1. The van der Waals surface area contributed by atoms with E-state index in [1.54, 1.807) is 37.3 Å². The van der Waals surface area contributed by atoms with Crippen molar-refractivity contribution in [1.82, 2.24) is 14.9 Å². The van der Waals surface area contributed by atoms with Gasteiger partial charge in [-0.15, -0.1) is 0 Å². The van der Waals surface area contributed by atoms with E-state index in [4.69, 9.17) is 9.47 Å². The fourth-order valence-corrected chi connectivity index (χ4v) is 3.01. The summed E-state index contributed by atoms with van der Waals surface area (Å²) in [6.07, 6.45) is 0. The number of amides is 1. The zero-order chi connectivity index (χ0) is 20.6. The molecule has 2 aromatic rings. The van der Waals surface area contributed by atoms with Crippen molar-refractivity contribution in [2.45, 2.75) is 6.92 Å². The highest BCUT2D eigenvalue weighted by Gasteiger charge is 2.16. The van der Waals surface area contributed by atoms with Crippen LogP contribution in [0.2, 0.25) is 0 Å². The van der Waals surface area contributed by atoms with Crippen molar-refractivity contribution in [3.8, 4) is 0 Å². The van der Waals surface area contributed by atoms with Gasteiger partial charge in [-0.1, -0.05) is 12.1 Å². The minimum atomic E-state index is -0.523. The second-order valence-electron chi connectivity index (χ2n) is 6.56. The molecule has 0 atom stereocenters. The summed E-state index contributed by atoms with van der Waals surface area (Å²) in [7, 11) is 1.30. The molecular formula is C20H25N5O4. The summed E-state index contributed by atoms with van der Waals surface area (Å²) < 4.78 is 10.1. The zero-order valence-corrected chi connectivity index (χ0v) is 16.6. The summed E-state index contributed by atoms with van der Waals surface area (Å²) in [5.74, 6) is 0.109. The van der Waals surface area contributed by atoms with Gasteiger partial charge in [0.15, 0.2) is 0 Å². The predicted molar refractivity (Wildman–Crippen MR) is 108 cm³/mol. The second-order valence-corrected chi connectivity index (χ2v) is 6.56. The molecule has 9 heteroatoms. The Labute approximate surface area is 169 Å². The third-order valence-electron chi connectivity index (χ3n) is 4.49. The smallest absolute Gasteiger partial charge is 0.339 e. The van der Waals surface area contributed by atoms with Crippen LogP contribution in [0, 0.1) is 6.92 Å². The molecule has 1 aromatic carbocycles. The van der Waals surface area contributed by atoms with Crippen LogP contribution in [0.15, 0.2) is 30.3 Å². The molecule has 0 saturated carbocycles. The molecule has 1 fully saturated rings. The van der Waals surface area contributed by atoms with Gasteiger partial charge in [-0.05, 0) is 19.1 Å². The summed E-state index contributed by atoms with van der Waals surface area (Å²) in [4.78, 5) is 35.5. The first-order chi connectivity index (χ1) is 14.1.